The summed E-state index contributed by atoms with van der Waals surface area (Å²) in [5, 5.41) is 0. The third-order valence-corrected chi connectivity index (χ3v) is 11.0. The second kappa shape index (κ2) is 5.89. The number of carbonyl (C=O) groups excluding carboxylic acids is 3. The van der Waals surface area contributed by atoms with Crippen molar-refractivity contribution < 1.29 is 23.9 Å². The van der Waals surface area contributed by atoms with E-state index in [0.717, 1.165) is 44.9 Å². The lowest BCUT2D eigenvalue weighted by Crippen LogP contribution is -2.67. The zero-order valence-corrected chi connectivity index (χ0v) is 19.0. The first-order valence-electron chi connectivity index (χ1n) is 12.2. The Morgan fingerprint density at radius 3 is 2.48 bits per heavy atom. The van der Waals surface area contributed by atoms with Gasteiger partial charge < -0.3 is 9.47 Å². The van der Waals surface area contributed by atoms with Gasteiger partial charge in [-0.15, -0.1) is 0 Å². The summed E-state index contributed by atoms with van der Waals surface area (Å²) in [5.74, 6) is 1.07. The number of cyclic esters (lactones) is 1. The van der Waals surface area contributed by atoms with Crippen molar-refractivity contribution in [1.82, 2.24) is 0 Å². The monoisotopic (exact) mass is 426 g/mol. The van der Waals surface area contributed by atoms with Gasteiger partial charge in [-0.25, -0.2) is 0 Å². The maximum absolute atomic E-state index is 13.0. The van der Waals surface area contributed by atoms with E-state index in [1.807, 2.05) is 0 Å². The van der Waals surface area contributed by atoms with Gasteiger partial charge in [0.25, 0.3) is 0 Å². The molecule has 5 nitrogen and oxygen atoms in total. The summed E-state index contributed by atoms with van der Waals surface area (Å²) in [5.41, 5.74) is -1.61. The van der Waals surface area contributed by atoms with Crippen molar-refractivity contribution in [1.29, 1.82) is 0 Å². The lowest BCUT2D eigenvalue weighted by atomic mass is 9.37. The normalized spacial score (nSPS) is 55.5. The van der Waals surface area contributed by atoms with Crippen molar-refractivity contribution in [2.24, 2.45) is 34.0 Å². The van der Waals surface area contributed by atoms with Crippen LogP contribution in [0.15, 0.2) is 12.2 Å². The van der Waals surface area contributed by atoms with Gasteiger partial charge in [0.05, 0.1) is 17.6 Å². The standard InChI is InChI=1S/C26H34O5/c1-22-11-7-18-23(2)9-4-10-25(18,15-30-21(23)29)17(22)8-12-24(3)19(22)14-26(31-24)13-16(27)5-6-20(26)28/h5-6,17-19H,4,7-15H2,1-3H3/t17?,18?,19?,22-,23?,24+,25+,26+/m1/s1. The zero-order valence-electron chi connectivity index (χ0n) is 19.0. The van der Waals surface area contributed by atoms with Crippen LogP contribution in [0, 0.1) is 34.0 Å². The third-order valence-electron chi connectivity index (χ3n) is 11.0. The van der Waals surface area contributed by atoms with E-state index in [2.05, 4.69) is 20.8 Å². The van der Waals surface area contributed by atoms with Crippen molar-refractivity contribution in [3.8, 4) is 0 Å². The van der Waals surface area contributed by atoms with Crippen molar-refractivity contribution in [3.63, 3.8) is 0 Å². The van der Waals surface area contributed by atoms with Gasteiger partial charge in [0.1, 0.15) is 5.60 Å². The zero-order chi connectivity index (χ0) is 21.9. The van der Waals surface area contributed by atoms with Gasteiger partial charge in [0.2, 0.25) is 0 Å². The van der Waals surface area contributed by atoms with E-state index in [4.69, 9.17) is 9.47 Å². The molecule has 0 N–H and O–H groups in total. The number of carbonyl (C=O) groups is 3. The Morgan fingerprint density at radius 2 is 1.68 bits per heavy atom. The van der Waals surface area contributed by atoms with Gasteiger partial charge in [-0.3, -0.25) is 14.4 Å². The van der Waals surface area contributed by atoms with Crippen molar-refractivity contribution in [3.05, 3.63) is 12.2 Å². The summed E-state index contributed by atoms with van der Waals surface area (Å²) in [6.45, 7) is 7.30. The van der Waals surface area contributed by atoms with E-state index in [1.54, 1.807) is 0 Å². The van der Waals surface area contributed by atoms with Gasteiger partial charge in [-0.2, -0.15) is 0 Å². The molecule has 0 aromatic carbocycles. The maximum atomic E-state index is 13.0. The first kappa shape index (κ1) is 20.1. The molecule has 8 atom stereocenters. The summed E-state index contributed by atoms with van der Waals surface area (Å²) in [4.78, 5) is 38.0. The molecule has 2 saturated heterocycles. The third kappa shape index (κ3) is 2.29. The molecule has 3 saturated carbocycles. The number of rotatable bonds is 0. The smallest absolute Gasteiger partial charge is 0.312 e. The van der Waals surface area contributed by atoms with Crippen LogP contribution in [0.3, 0.4) is 0 Å². The largest absolute Gasteiger partial charge is 0.465 e. The minimum atomic E-state index is -0.974. The average molecular weight is 427 g/mol. The Labute approximate surface area is 184 Å². The fourth-order valence-corrected chi connectivity index (χ4v) is 9.69. The molecule has 4 aliphatic carbocycles. The second-order valence-corrected chi connectivity index (χ2v) is 12.3. The summed E-state index contributed by atoms with van der Waals surface area (Å²) in [6.07, 6.45) is 10.9. The number of allylic oxidation sites excluding steroid dienone is 1. The van der Waals surface area contributed by atoms with Crippen LogP contribution < -0.4 is 0 Å². The Kier molecular flexibility index (Phi) is 3.83. The van der Waals surface area contributed by atoms with Crippen LogP contribution >= 0.6 is 0 Å². The minimum absolute atomic E-state index is 0.00640. The van der Waals surface area contributed by atoms with Crippen LogP contribution in [0.5, 0.6) is 0 Å². The topological polar surface area (TPSA) is 69.7 Å². The summed E-state index contributed by atoms with van der Waals surface area (Å²) in [7, 11) is 0. The van der Waals surface area contributed by atoms with Crippen molar-refractivity contribution in [2.75, 3.05) is 6.61 Å². The van der Waals surface area contributed by atoms with E-state index < -0.39 is 5.60 Å². The van der Waals surface area contributed by atoms with Gasteiger partial charge in [0.15, 0.2) is 11.6 Å². The maximum Gasteiger partial charge on any atom is 0.312 e. The molecule has 4 unspecified atom stereocenters. The number of esters is 1. The predicted molar refractivity (Wildman–Crippen MR) is 113 cm³/mol. The molecule has 6 aliphatic rings. The molecule has 6 rings (SSSR count). The van der Waals surface area contributed by atoms with E-state index >= 15 is 0 Å². The first-order valence-corrected chi connectivity index (χ1v) is 12.2. The quantitative estimate of drug-likeness (QED) is 0.544. The Hall–Kier alpha value is -1.49. The fourth-order valence-electron chi connectivity index (χ4n) is 9.69. The molecule has 0 aromatic heterocycles. The molecule has 2 bridgehead atoms. The fraction of sp³-hybridized carbons (Fsp3) is 0.808. The summed E-state index contributed by atoms with van der Waals surface area (Å²) < 4.78 is 12.5. The molecule has 168 valence electrons. The van der Waals surface area contributed by atoms with Crippen molar-refractivity contribution in [2.45, 2.75) is 89.8 Å². The van der Waals surface area contributed by atoms with Crippen LogP contribution in [-0.4, -0.2) is 35.3 Å². The average Bonchev–Trinajstić information content (AvgIpc) is 3.02. The van der Waals surface area contributed by atoms with Gasteiger partial charge in [-0.1, -0.05) is 13.3 Å². The molecule has 1 spiro atoms. The lowest BCUT2D eigenvalue weighted by molar-refractivity contribution is -0.252. The van der Waals surface area contributed by atoms with Gasteiger partial charge in [0, 0.05) is 11.8 Å². The number of hydrogen-bond acceptors (Lipinski definition) is 5. The molecule has 0 amide bonds. The summed E-state index contributed by atoms with van der Waals surface area (Å²) in [6, 6.07) is 0. The van der Waals surface area contributed by atoms with Gasteiger partial charge in [-0.05, 0) is 94.1 Å². The first-order chi connectivity index (χ1) is 14.6. The van der Waals surface area contributed by atoms with E-state index in [9.17, 15) is 14.4 Å². The molecular weight excluding hydrogens is 392 g/mol. The van der Waals surface area contributed by atoms with Crippen LogP contribution in [-0.2, 0) is 23.9 Å². The number of fused-ring (bicyclic) bond motifs is 3. The lowest BCUT2D eigenvalue weighted by Gasteiger charge is -2.68. The number of ketones is 2. The van der Waals surface area contributed by atoms with Crippen LogP contribution in [0.4, 0.5) is 0 Å². The highest BCUT2D eigenvalue weighted by Crippen LogP contribution is 2.73. The molecule has 0 aromatic rings. The molecular formula is C26H34O5. The molecule has 31 heavy (non-hydrogen) atoms. The highest BCUT2D eigenvalue weighted by molar-refractivity contribution is 6.09. The van der Waals surface area contributed by atoms with Crippen molar-refractivity contribution >= 4 is 17.5 Å². The Morgan fingerprint density at radius 1 is 0.903 bits per heavy atom. The van der Waals surface area contributed by atoms with Crippen LogP contribution in [0.25, 0.3) is 0 Å². The molecule has 0 radical (unpaired) electrons. The minimum Gasteiger partial charge on any atom is -0.465 e. The van der Waals surface area contributed by atoms with Crippen LogP contribution in [0.2, 0.25) is 0 Å². The number of hydrogen-bond donors (Lipinski definition) is 0. The van der Waals surface area contributed by atoms with Gasteiger partial charge >= 0.3 is 5.97 Å². The predicted octanol–water partition coefficient (Wildman–Crippen LogP) is 4.18. The summed E-state index contributed by atoms with van der Waals surface area (Å²) >= 11 is 0. The molecule has 2 aliphatic heterocycles. The van der Waals surface area contributed by atoms with E-state index in [1.165, 1.54) is 12.2 Å². The SMILES string of the molecule is CC12CCC[C@@]3(COC1=O)C2CC[C@]1(C)C3CC[C@]2(C)O[C@@]3(CC(=O)C=CC3=O)CC12. The molecule has 2 heterocycles. The highest BCUT2D eigenvalue weighted by Gasteiger charge is 2.73. The molecule has 5 heteroatoms. The highest BCUT2D eigenvalue weighted by atomic mass is 16.5. The Bertz CT molecular complexity index is 923. The number of ether oxygens (including phenoxy) is 2. The van der Waals surface area contributed by atoms with E-state index in [0.29, 0.717) is 24.9 Å². The second-order valence-electron chi connectivity index (χ2n) is 12.3. The van der Waals surface area contributed by atoms with E-state index in [-0.39, 0.29) is 51.7 Å². The van der Waals surface area contributed by atoms with Crippen LogP contribution in [0.1, 0.15) is 78.6 Å². The Balaban J connectivity index is 1.41. The molecule has 5 fully saturated rings.